The van der Waals surface area contributed by atoms with E-state index < -0.39 is 126 Å². The van der Waals surface area contributed by atoms with E-state index in [1.807, 2.05) is 0 Å². The number of aliphatic hydroxyl groups excluding tert-OH is 1. The molecule has 0 saturated carbocycles. The van der Waals surface area contributed by atoms with Crippen LogP contribution in [0.25, 0.3) is 0 Å². The lowest BCUT2D eigenvalue weighted by molar-refractivity contribution is -0.143. The second-order valence-corrected chi connectivity index (χ2v) is 17.7. The van der Waals surface area contributed by atoms with Crippen molar-refractivity contribution in [3.63, 3.8) is 0 Å². The maximum absolute atomic E-state index is 13.7. The zero-order valence-corrected chi connectivity index (χ0v) is 41.2. The molecule has 0 spiro atoms. The molecule has 0 heterocycles. The molecule has 13 N–H and O–H groups in total. The number of carbonyl (C=O) groups excluding carboxylic acids is 9. The van der Waals surface area contributed by atoms with Crippen LogP contribution in [0.1, 0.15) is 54.4 Å². The summed E-state index contributed by atoms with van der Waals surface area (Å²) in [6.45, 7) is 8.84. The van der Waals surface area contributed by atoms with Gasteiger partial charge in [0.25, 0.3) is 0 Å². The van der Waals surface area contributed by atoms with Crippen molar-refractivity contribution in [2.75, 3.05) is 41.6 Å². The smallest absolute Gasteiger partial charge is 0.326 e. The Hall–Kier alpha value is -3.63. The highest BCUT2D eigenvalue weighted by Gasteiger charge is 2.36. The quantitative estimate of drug-likeness (QED) is 0.0305. The van der Waals surface area contributed by atoms with Crippen molar-refractivity contribution in [1.29, 1.82) is 0 Å². The van der Waals surface area contributed by atoms with Crippen LogP contribution >= 0.6 is 62.3 Å². The number of nitrogens with two attached hydrogens (primary N) is 1. The van der Waals surface area contributed by atoms with E-state index in [9.17, 15) is 58.2 Å². The van der Waals surface area contributed by atoms with Gasteiger partial charge in [0, 0.05) is 23.0 Å². The van der Waals surface area contributed by atoms with Crippen molar-refractivity contribution in [3.05, 3.63) is 0 Å². The summed E-state index contributed by atoms with van der Waals surface area (Å²) in [5.41, 5.74) is 5.29. The molecule has 0 aliphatic carbocycles. The summed E-state index contributed by atoms with van der Waals surface area (Å²) in [5, 5.41) is 42.0. The van der Waals surface area contributed by atoms with E-state index in [-0.39, 0.29) is 48.3 Å². The number of carboxylic acid groups (broad SMARTS) is 1. The van der Waals surface area contributed by atoms with Crippen molar-refractivity contribution in [2.45, 2.75) is 115 Å². The zero-order valence-electron chi connectivity index (χ0n) is 36.8. The maximum atomic E-state index is 13.7. The first kappa shape index (κ1) is 60.4. The molecule has 366 valence electrons. The van der Waals surface area contributed by atoms with Crippen LogP contribution in [0.3, 0.4) is 0 Å². The van der Waals surface area contributed by atoms with Crippen molar-refractivity contribution >= 4 is 121 Å². The van der Waals surface area contributed by atoms with Crippen LogP contribution in [-0.2, 0) is 47.9 Å². The molecule has 0 aromatic carbocycles. The SMILES string of the molecule is CSCC[C@H](NC(=O)[C@H](C)NC(=O)[C@H](CS)NC(=O)[C@H](CS)NC(=O)CN)C(=O)N[C@@H](CC(C)C)C(=O)N[C@H](C(=O)N[C@@H](CS)C(=O)N[C@@H](CS)C(=O)N[C@H](C(=O)O)C(C)C)[C@@H](C)O. The molecule has 0 radical (unpaired) electrons. The number of thiol groups is 4. The van der Waals surface area contributed by atoms with Gasteiger partial charge < -0.3 is 63.8 Å². The highest BCUT2D eigenvalue weighted by Crippen LogP contribution is 2.10. The van der Waals surface area contributed by atoms with E-state index in [1.165, 1.54) is 25.6 Å². The van der Waals surface area contributed by atoms with Crippen LogP contribution in [0.5, 0.6) is 0 Å². The van der Waals surface area contributed by atoms with Crippen LogP contribution in [0.15, 0.2) is 0 Å². The number of aliphatic hydroxyl groups is 1. The Morgan fingerprint density at radius 1 is 0.516 bits per heavy atom. The average molecular weight is 1000 g/mol. The standard InChI is InChI=1S/C37H66N10O12S5/c1-16(2)10-21(31(52)47-28(19(6)48)36(57)45-24(14-62)34(55)44-25(15-63)35(56)46-27(17(3)4)37(58)59)42-30(51)20(8-9-64-7)41-29(50)18(5)39-32(53)23(13-61)43-33(54)22(12-60)40-26(49)11-38/h16-25,27-28,48,60-63H,8-15,38H2,1-7H3,(H,39,53)(H,40,49)(H,41,50)(H,42,51)(H,43,54)(H,44,55)(H,45,57)(H,46,56)(H,47,52)(H,58,59)/t18-,19+,20-,21-,22-,23-,24-,25-,27-,28-/m0/s1. The molecule has 0 aliphatic heterocycles. The summed E-state index contributed by atoms with van der Waals surface area (Å²) < 4.78 is 0. The number of hydrogen-bond acceptors (Lipinski definition) is 17. The van der Waals surface area contributed by atoms with Gasteiger partial charge in [-0.2, -0.15) is 62.3 Å². The lowest BCUT2D eigenvalue weighted by Crippen LogP contribution is -2.62. The van der Waals surface area contributed by atoms with Crippen molar-refractivity contribution in [1.82, 2.24) is 47.9 Å². The van der Waals surface area contributed by atoms with E-state index in [2.05, 4.69) is 98.4 Å². The Bertz CT molecular complexity index is 1620. The normalized spacial score (nSPS) is 15.9. The molecule has 0 bridgehead atoms. The van der Waals surface area contributed by atoms with E-state index >= 15 is 0 Å². The summed E-state index contributed by atoms with van der Waals surface area (Å²) in [6, 6.07) is -11.8. The van der Waals surface area contributed by atoms with E-state index in [0.717, 1.165) is 0 Å². The molecule has 27 heteroatoms. The molecule has 10 atom stereocenters. The highest BCUT2D eigenvalue weighted by molar-refractivity contribution is 7.98. The van der Waals surface area contributed by atoms with Gasteiger partial charge in [-0.3, -0.25) is 43.2 Å². The van der Waals surface area contributed by atoms with Crippen LogP contribution in [0.4, 0.5) is 0 Å². The number of amides is 9. The molecule has 0 unspecified atom stereocenters. The van der Waals surface area contributed by atoms with Gasteiger partial charge in [-0.15, -0.1) is 0 Å². The molecule has 0 aliphatic rings. The minimum Gasteiger partial charge on any atom is -0.480 e. The van der Waals surface area contributed by atoms with Gasteiger partial charge in [0.05, 0.1) is 12.6 Å². The molecule has 0 rings (SSSR count). The fraction of sp³-hybridized carbons (Fsp3) is 0.730. The Balaban J connectivity index is 6.01. The summed E-state index contributed by atoms with van der Waals surface area (Å²) >= 11 is 17.7. The second-order valence-electron chi connectivity index (χ2n) is 15.3. The predicted molar refractivity (Wildman–Crippen MR) is 254 cm³/mol. The Kier molecular flexibility index (Phi) is 29.5. The monoisotopic (exact) mass is 1000 g/mol. The van der Waals surface area contributed by atoms with Gasteiger partial charge in [-0.05, 0) is 50.5 Å². The van der Waals surface area contributed by atoms with Crippen LogP contribution in [0.2, 0.25) is 0 Å². The number of hydrogen-bond donors (Lipinski definition) is 16. The fourth-order valence-electron chi connectivity index (χ4n) is 5.42. The first-order valence-electron chi connectivity index (χ1n) is 20.2. The second kappa shape index (κ2) is 31.3. The van der Waals surface area contributed by atoms with Gasteiger partial charge >= 0.3 is 5.97 Å². The van der Waals surface area contributed by atoms with E-state index in [0.29, 0.717) is 5.75 Å². The zero-order chi connectivity index (χ0) is 49.4. The van der Waals surface area contributed by atoms with Crippen molar-refractivity contribution in [2.24, 2.45) is 17.6 Å². The number of aliphatic carboxylic acids is 1. The topological polar surface area (TPSA) is 345 Å². The third-order valence-corrected chi connectivity index (χ3v) is 11.2. The number of thioether (sulfide) groups is 1. The van der Waals surface area contributed by atoms with Gasteiger partial charge in [0.1, 0.15) is 54.4 Å². The first-order valence-corrected chi connectivity index (χ1v) is 24.1. The maximum Gasteiger partial charge on any atom is 0.326 e. The summed E-state index contributed by atoms with van der Waals surface area (Å²) in [5.74, 6) is -9.83. The molecule has 0 aromatic rings. The van der Waals surface area contributed by atoms with Gasteiger partial charge in [0.15, 0.2) is 0 Å². The third kappa shape index (κ3) is 21.6. The third-order valence-electron chi connectivity index (χ3n) is 9.10. The molecule has 0 aromatic heterocycles. The Morgan fingerprint density at radius 2 is 0.891 bits per heavy atom. The fourth-order valence-corrected chi connectivity index (χ4v) is 6.92. The largest absolute Gasteiger partial charge is 0.480 e. The van der Waals surface area contributed by atoms with E-state index in [1.54, 1.807) is 34.0 Å². The Labute approximate surface area is 399 Å². The van der Waals surface area contributed by atoms with Crippen molar-refractivity contribution < 1.29 is 58.2 Å². The van der Waals surface area contributed by atoms with Crippen molar-refractivity contribution in [3.8, 4) is 0 Å². The number of nitrogens with one attached hydrogen (secondary N) is 9. The average Bonchev–Trinajstić information content (AvgIpc) is 3.23. The van der Waals surface area contributed by atoms with E-state index in [4.69, 9.17) is 5.73 Å². The number of rotatable bonds is 30. The first-order chi connectivity index (χ1) is 29.9. The van der Waals surface area contributed by atoms with Crippen LogP contribution in [-0.4, -0.2) is 171 Å². The molecular weight excluding hydrogens is 937 g/mol. The molecule has 64 heavy (non-hydrogen) atoms. The Morgan fingerprint density at radius 3 is 1.30 bits per heavy atom. The summed E-state index contributed by atoms with van der Waals surface area (Å²) in [6.07, 6.45) is 0.356. The molecule has 0 fully saturated rings. The lowest BCUT2D eigenvalue weighted by Gasteiger charge is -2.29. The minimum absolute atomic E-state index is 0.0383. The predicted octanol–water partition coefficient (Wildman–Crippen LogP) is -4.03. The minimum atomic E-state index is -1.67. The van der Waals surface area contributed by atoms with Gasteiger partial charge in [-0.1, -0.05) is 27.7 Å². The number of carboxylic acids is 1. The molecular formula is C37H66N10O12S5. The lowest BCUT2D eigenvalue weighted by atomic mass is 10.0. The van der Waals surface area contributed by atoms with Crippen LogP contribution < -0.4 is 53.6 Å². The molecule has 22 nitrogen and oxygen atoms in total. The molecule has 9 amide bonds. The van der Waals surface area contributed by atoms with Gasteiger partial charge in [0.2, 0.25) is 53.2 Å². The molecule has 0 saturated heterocycles. The highest BCUT2D eigenvalue weighted by atomic mass is 32.2. The summed E-state index contributed by atoms with van der Waals surface area (Å²) in [4.78, 5) is 129. The van der Waals surface area contributed by atoms with Gasteiger partial charge in [-0.25, -0.2) is 4.79 Å². The number of carbonyl (C=O) groups is 10. The summed E-state index contributed by atoms with van der Waals surface area (Å²) in [7, 11) is 0. The van der Waals surface area contributed by atoms with Crippen LogP contribution in [0, 0.1) is 11.8 Å².